The van der Waals surface area contributed by atoms with Gasteiger partial charge in [-0.2, -0.15) is 0 Å². The largest absolute Gasteiger partial charge is 0.354 e. The molecule has 0 saturated carbocycles. The monoisotopic (exact) mass is 313 g/mol. The van der Waals surface area contributed by atoms with Crippen LogP contribution in [0.2, 0.25) is 0 Å². The van der Waals surface area contributed by atoms with Crippen molar-refractivity contribution in [2.24, 2.45) is 0 Å². The first-order chi connectivity index (χ1) is 11.1. The van der Waals surface area contributed by atoms with Crippen LogP contribution < -0.4 is 16.6 Å². The molecule has 0 bridgehead atoms. The first-order valence-electron chi connectivity index (χ1n) is 7.78. The Morgan fingerprint density at radius 3 is 2.91 bits per heavy atom. The number of rotatable bonds is 4. The molecule has 1 atom stereocenters. The number of aromatic nitrogens is 2. The van der Waals surface area contributed by atoms with Crippen LogP contribution in [0.5, 0.6) is 0 Å². The van der Waals surface area contributed by atoms with E-state index in [9.17, 15) is 14.4 Å². The normalized spacial score (nSPS) is 16.6. The molecule has 120 valence electrons. The van der Waals surface area contributed by atoms with Gasteiger partial charge in [0.25, 0.3) is 5.56 Å². The molecule has 1 heterocycles. The molecule has 0 saturated heterocycles. The van der Waals surface area contributed by atoms with E-state index in [1.54, 1.807) is 0 Å². The minimum atomic E-state index is -0.573. The Balaban J connectivity index is 1.62. The predicted octanol–water partition coefficient (Wildman–Crippen LogP) is 0.773. The van der Waals surface area contributed by atoms with Crippen molar-refractivity contribution < 1.29 is 4.79 Å². The molecule has 2 aromatic rings. The van der Waals surface area contributed by atoms with Gasteiger partial charge in [0, 0.05) is 24.7 Å². The number of hydrogen-bond acceptors (Lipinski definition) is 3. The smallest absolute Gasteiger partial charge is 0.328 e. The lowest BCUT2D eigenvalue weighted by atomic mass is 9.83. The van der Waals surface area contributed by atoms with E-state index in [1.165, 1.54) is 28.0 Å². The molecule has 6 heteroatoms. The van der Waals surface area contributed by atoms with Crippen molar-refractivity contribution in [2.75, 3.05) is 6.54 Å². The molecule has 23 heavy (non-hydrogen) atoms. The molecule has 0 aliphatic heterocycles. The Labute approximate surface area is 133 Å². The quantitative estimate of drug-likeness (QED) is 0.874. The summed E-state index contributed by atoms with van der Waals surface area (Å²) in [7, 11) is 0. The third-order valence-electron chi connectivity index (χ3n) is 4.25. The van der Waals surface area contributed by atoms with E-state index < -0.39 is 11.2 Å². The van der Waals surface area contributed by atoms with Gasteiger partial charge in [0.2, 0.25) is 5.91 Å². The molecule has 3 rings (SSSR count). The van der Waals surface area contributed by atoms with Crippen LogP contribution in [0, 0.1) is 0 Å². The summed E-state index contributed by atoms with van der Waals surface area (Å²) in [6, 6.07) is 9.56. The summed E-state index contributed by atoms with van der Waals surface area (Å²) in [5.41, 5.74) is 1.62. The molecule has 1 aromatic heterocycles. The fraction of sp³-hybridized carbons (Fsp3) is 0.353. The lowest BCUT2D eigenvalue weighted by molar-refractivity contribution is -0.121. The van der Waals surface area contributed by atoms with Crippen LogP contribution in [0.15, 0.2) is 46.1 Å². The summed E-state index contributed by atoms with van der Waals surface area (Å²) in [6.45, 7) is 0.470. The van der Waals surface area contributed by atoms with Crippen molar-refractivity contribution in [1.82, 2.24) is 14.9 Å². The first kappa shape index (κ1) is 15.3. The lowest BCUT2D eigenvalue weighted by Crippen LogP contribution is -2.37. The number of aromatic amines is 1. The second kappa shape index (κ2) is 6.64. The molecule has 1 amide bonds. The van der Waals surface area contributed by atoms with Gasteiger partial charge in [0.05, 0.1) is 0 Å². The maximum atomic E-state index is 12.0. The predicted molar refractivity (Wildman–Crippen MR) is 86.5 cm³/mol. The topological polar surface area (TPSA) is 84.0 Å². The third kappa shape index (κ3) is 3.59. The fourth-order valence-corrected chi connectivity index (χ4v) is 3.08. The number of H-pyrrole nitrogens is 1. The average Bonchev–Trinajstić information content (AvgIpc) is 2.55. The summed E-state index contributed by atoms with van der Waals surface area (Å²) in [5.74, 6) is 0.0819. The van der Waals surface area contributed by atoms with Crippen LogP contribution in [0.4, 0.5) is 0 Å². The van der Waals surface area contributed by atoms with E-state index in [1.807, 2.05) is 12.1 Å². The zero-order valence-corrected chi connectivity index (χ0v) is 12.7. The van der Waals surface area contributed by atoms with Gasteiger partial charge < -0.3 is 5.32 Å². The Morgan fingerprint density at radius 2 is 2.09 bits per heavy atom. The zero-order valence-electron chi connectivity index (χ0n) is 12.7. The molecular formula is C17H19N3O3. The van der Waals surface area contributed by atoms with Crippen molar-refractivity contribution in [2.45, 2.75) is 31.7 Å². The molecule has 2 N–H and O–H groups in total. The number of hydrogen-bond donors (Lipinski definition) is 2. The van der Waals surface area contributed by atoms with Gasteiger partial charge in [-0.15, -0.1) is 0 Å². The summed E-state index contributed by atoms with van der Waals surface area (Å²) >= 11 is 0. The van der Waals surface area contributed by atoms with E-state index in [2.05, 4.69) is 22.4 Å². The Bertz CT molecular complexity index is 822. The number of nitrogens with zero attached hydrogens (tertiary/aromatic N) is 1. The molecular weight excluding hydrogens is 294 g/mol. The Morgan fingerprint density at radius 1 is 1.26 bits per heavy atom. The summed E-state index contributed by atoms with van der Waals surface area (Å²) in [6.07, 6.45) is 4.59. The van der Waals surface area contributed by atoms with Gasteiger partial charge in [-0.25, -0.2) is 4.79 Å². The van der Waals surface area contributed by atoms with Crippen LogP contribution in [0.25, 0.3) is 0 Å². The SMILES string of the molecule is O=C(Cn1ccc(=O)[nH]c1=O)NC[C@@H]1CCCc2ccccc21. The maximum Gasteiger partial charge on any atom is 0.328 e. The highest BCUT2D eigenvalue weighted by Crippen LogP contribution is 2.30. The number of amides is 1. The molecule has 0 unspecified atom stereocenters. The van der Waals surface area contributed by atoms with Crippen LogP contribution in [-0.2, 0) is 17.8 Å². The molecule has 0 fully saturated rings. The second-order valence-corrected chi connectivity index (χ2v) is 5.83. The second-order valence-electron chi connectivity index (χ2n) is 5.83. The van der Waals surface area contributed by atoms with E-state index in [4.69, 9.17) is 0 Å². The van der Waals surface area contributed by atoms with Gasteiger partial charge in [-0.3, -0.25) is 19.1 Å². The van der Waals surface area contributed by atoms with Crippen LogP contribution in [0.1, 0.15) is 29.9 Å². The van der Waals surface area contributed by atoms with Gasteiger partial charge in [0.1, 0.15) is 6.54 Å². The van der Waals surface area contributed by atoms with Crippen molar-refractivity contribution in [1.29, 1.82) is 0 Å². The molecule has 1 aromatic carbocycles. The number of benzene rings is 1. The van der Waals surface area contributed by atoms with Crippen molar-refractivity contribution in [3.63, 3.8) is 0 Å². The minimum absolute atomic E-state index is 0.0933. The zero-order chi connectivity index (χ0) is 16.2. The summed E-state index contributed by atoms with van der Waals surface area (Å²) < 4.78 is 1.19. The molecule has 6 nitrogen and oxygen atoms in total. The van der Waals surface area contributed by atoms with E-state index >= 15 is 0 Å². The lowest BCUT2D eigenvalue weighted by Gasteiger charge is -2.25. The van der Waals surface area contributed by atoms with Crippen molar-refractivity contribution >= 4 is 5.91 Å². The average molecular weight is 313 g/mol. The number of carbonyl (C=O) groups is 1. The Kier molecular flexibility index (Phi) is 4.41. The van der Waals surface area contributed by atoms with Gasteiger partial charge in [-0.05, 0) is 30.4 Å². The van der Waals surface area contributed by atoms with Gasteiger partial charge in [-0.1, -0.05) is 24.3 Å². The molecule has 1 aliphatic carbocycles. The third-order valence-corrected chi connectivity index (χ3v) is 4.25. The van der Waals surface area contributed by atoms with E-state index in [0.717, 1.165) is 19.3 Å². The number of nitrogens with one attached hydrogen (secondary N) is 2. The Hall–Kier alpha value is -2.63. The highest BCUT2D eigenvalue weighted by Gasteiger charge is 2.20. The maximum absolute atomic E-state index is 12.0. The van der Waals surface area contributed by atoms with E-state index in [-0.39, 0.29) is 12.5 Å². The standard InChI is InChI=1S/C17H19N3O3/c21-15-8-9-20(17(23)19-15)11-16(22)18-10-13-6-3-5-12-4-1-2-7-14(12)13/h1-2,4,7-9,13H,3,5-6,10-11H2,(H,18,22)(H,19,21,23)/t13-/m0/s1. The number of aryl methyl sites for hydroxylation is 1. The van der Waals surface area contributed by atoms with Crippen LogP contribution in [-0.4, -0.2) is 22.0 Å². The highest BCUT2D eigenvalue weighted by molar-refractivity contribution is 5.75. The van der Waals surface area contributed by atoms with Crippen LogP contribution >= 0.6 is 0 Å². The number of carbonyl (C=O) groups excluding carboxylic acids is 1. The van der Waals surface area contributed by atoms with Crippen LogP contribution in [0.3, 0.4) is 0 Å². The fourth-order valence-electron chi connectivity index (χ4n) is 3.08. The molecule has 0 spiro atoms. The molecule has 1 aliphatic rings. The highest BCUT2D eigenvalue weighted by atomic mass is 16.2. The van der Waals surface area contributed by atoms with Gasteiger partial charge >= 0.3 is 5.69 Å². The summed E-state index contributed by atoms with van der Waals surface area (Å²) in [5, 5.41) is 2.89. The first-order valence-corrected chi connectivity index (χ1v) is 7.78. The van der Waals surface area contributed by atoms with Gasteiger partial charge in [0.15, 0.2) is 0 Å². The summed E-state index contributed by atoms with van der Waals surface area (Å²) in [4.78, 5) is 36.8. The van der Waals surface area contributed by atoms with E-state index in [0.29, 0.717) is 12.5 Å². The minimum Gasteiger partial charge on any atom is -0.354 e. The van der Waals surface area contributed by atoms with Crippen molar-refractivity contribution in [3.8, 4) is 0 Å². The number of fused-ring (bicyclic) bond motifs is 1. The molecule has 0 radical (unpaired) electrons. The van der Waals surface area contributed by atoms with Crippen molar-refractivity contribution in [3.05, 3.63) is 68.5 Å².